The highest BCUT2D eigenvalue weighted by molar-refractivity contribution is 7.91. The van der Waals surface area contributed by atoms with Crippen LogP contribution in [0.3, 0.4) is 0 Å². The van der Waals surface area contributed by atoms with Crippen molar-refractivity contribution in [1.29, 1.82) is 0 Å². The molecule has 1 aliphatic rings. The molecule has 1 aromatic carbocycles. The number of ether oxygens (including phenoxy) is 2. The Morgan fingerprint density at radius 1 is 1.11 bits per heavy atom. The summed E-state index contributed by atoms with van der Waals surface area (Å²) in [5.74, 6) is -3.14. The van der Waals surface area contributed by atoms with E-state index in [0.29, 0.717) is 22.6 Å². The average molecular weight is 734 g/mol. The molecule has 1 saturated heterocycles. The van der Waals surface area contributed by atoms with Gasteiger partial charge in [0, 0.05) is 13.7 Å². The first-order valence-electron chi connectivity index (χ1n) is 13.8. The summed E-state index contributed by atoms with van der Waals surface area (Å²) in [6.07, 6.45) is -8.55. The number of methoxy groups -OCH3 is 2. The van der Waals surface area contributed by atoms with Crippen molar-refractivity contribution in [2.75, 3.05) is 27.4 Å². The van der Waals surface area contributed by atoms with Crippen molar-refractivity contribution in [3.63, 3.8) is 0 Å². The Balaban J connectivity index is 1.97. The van der Waals surface area contributed by atoms with E-state index in [-0.39, 0.29) is 8.55 Å². The van der Waals surface area contributed by atoms with Gasteiger partial charge in [0.15, 0.2) is 15.9 Å². The van der Waals surface area contributed by atoms with Crippen LogP contribution in [0.1, 0.15) is 25.8 Å². The van der Waals surface area contributed by atoms with Crippen LogP contribution in [0.15, 0.2) is 40.6 Å². The van der Waals surface area contributed by atoms with Crippen molar-refractivity contribution in [1.82, 2.24) is 14.9 Å². The number of likely N-dealkylation sites (tertiary alicyclic amines) is 1. The lowest BCUT2D eigenvalue weighted by atomic mass is 9.97. The molecular weight excluding hydrogens is 699 g/mol. The lowest BCUT2D eigenvalue weighted by molar-refractivity contribution is -0.215. The van der Waals surface area contributed by atoms with Crippen LogP contribution >= 0.6 is 22.9 Å². The summed E-state index contributed by atoms with van der Waals surface area (Å²) >= 11 is 6.57. The quantitative estimate of drug-likeness (QED) is 0.264. The third-order valence-corrected chi connectivity index (χ3v) is 12.6. The molecule has 0 saturated carbocycles. The van der Waals surface area contributed by atoms with Crippen molar-refractivity contribution in [3.8, 4) is 5.75 Å². The highest BCUT2D eigenvalue weighted by Gasteiger charge is 2.49. The Morgan fingerprint density at radius 2 is 1.74 bits per heavy atom. The maximum Gasteiger partial charge on any atom is 0.416 e. The number of nitrogens with one attached hydrogen (secondary N) is 2. The lowest BCUT2D eigenvalue weighted by Gasteiger charge is -2.32. The molecule has 46 heavy (non-hydrogen) atoms. The van der Waals surface area contributed by atoms with Crippen molar-refractivity contribution in [2.45, 2.75) is 65.9 Å². The molecule has 258 valence electrons. The minimum Gasteiger partial charge on any atom is -0.497 e. The average Bonchev–Trinajstić information content (AvgIpc) is 3.62. The van der Waals surface area contributed by atoms with Crippen LogP contribution in [-0.4, -0.2) is 102 Å². The molecule has 0 bridgehead atoms. The highest BCUT2D eigenvalue weighted by Crippen LogP contribution is 2.30. The number of hydrogen-bond donors (Lipinski definition) is 3. The summed E-state index contributed by atoms with van der Waals surface area (Å²) in [7, 11) is -5.83. The number of hydrogen-bond acceptors (Lipinski definition) is 10. The zero-order valence-corrected chi connectivity index (χ0v) is 28.4. The molecule has 12 nitrogen and oxygen atoms in total. The van der Waals surface area contributed by atoms with Crippen molar-refractivity contribution in [2.24, 2.45) is 5.92 Å². The van der Waals surface area contributed by atoms with E-state index >= 15 is 0 Å². The van der Waals surface area contributed by atoms with Gasteiger partial charge in [-0.2, -0.15) is 17.9 Å². The van der Waals surface area contributed by atoms with Crippen LogP contribution in [0, 0.1) is 5.92 Å². The number of benzene rings is 1. The zero-order chi connectivity index (χ0) is 34.6. The van der Waals surface area contributed by atoms with Crippen molar-refractivity contribution in [3.05, 3.63) is 46.3 Å². The van der Waals surface area contributed by atoms with E-state index in [1.54, 1.807) is 12.1 Å². The van der Waals surface area contributed by atoms with E-state index in [4.69, 9.17) is 21.1 Å². The minimum atomic E-state index is -5.09. The smallest absolute Gasteiger partial charge is 0.416 e. The fourth-order valence-electron chi connectivity index (χ4n) is 4.91. The van der Waals surface area contributed by atoms with Gasteiger partial charge in [-0.25, -0.2) is 16.8 Å². The number of thiophene rings is 1. The van der Waals surface area contributed by atoms with Gasteiger partial charge in [0.2, 0.25) is 11.8 Å². The number of aliphatic hydroxyl groups excluding tert-OH is 1. The maximum atomic E-state index is 13.9. The molecule has 2 aromatic rings. The summed E-state index contributed by atoms with van der Waals surface area (Å²) < 4.78 is 106. The molecule has 0 radical (unpaired) electrons. The predicted molar refractivity (Wildman–Crippen MR) is 164 cm³/mol. The van der Waals surface area contributed by atoms with Gasteiger partial charge in [0.25, 0.3) is 10.0 Å². The molecule has 19 heteroatoms. The fourth-order valence-corrected chi connectivity index (χ4v) is 9.34. The minimum absolute atomic E-state index is 0.150. The predicted octanol–water partition coefficient (Wildman–Crippen LogP) is 2.35. The van der Waals surface area contributed by atoms with Gasteiger partial charge in [0.1, 0.15) is 22.0 Å². The zero-order valence-electron chi connectivity index (χ0n) is 25.2. The van der Waals surface area contributed by atoms with Crippen LogP contribution in [0.2, 0.25) is 4.34 Å². The molecular formula is C27H35ClF3N3O9S3. The van der Waals surface area contributed by atoms with Gasteiger partial charge >= 0.3 is 6.18 Å². The van der Waals surface area contributed by atoms with E-state index in [9.17, 15) is 44.7 Å². The number of aliphatic hydroxyl groups is 1. The molecule has 2 amide bonds. The number of sulfonamides is 1. The second-order valence-corrected chi connectivity index (χ2v) is 16.9. The number of alkyl halides is 3. The van der Waals surface area contributed by atoms with Crippen LogP contribution in [0.4, 0.5) is 13.2 Å². The Morgan fingerprint density at radius 3 is 2.24 bits per heavy atom. The molecule has 3 N–H and O–H groups in total. The Kier molecular flexibility index (Phi) is 12.5. The summed E-state index contributed by atoms with van der Waals surface area (Å²) in [5, 5.41) is 10.7. The van der Waals surface area contributed by atoms with Gasteiger partial charge < -0.3 is 24.8 Å². The van der Waals surface area contributed by atoms with E-state index < -0.39 is 98.6 Å². The van der Waals surface area contributed by atoms with E-state index in [1.807, 2.05) is 0 Å². The first-order chi connectivity index (χ1) is 21.3. The first kappa shape index (κ1) is 38.0. The number of carbonyl (C=O) groups is 2. The van der Waals surface area contributed by atoms with Crippen LogP contribution in [0.25, 0.3) is 0 Å². The molecule has 1 aromatic heterocycles. The second-order valence-electron chi connectivity index (χ2n) is 11.0. The molecule has 0 aliphatic carbocycles. The normalized spacial score (nSPS) is 19.6. The standard InChI is InChI=1S/C27H35ClF3N3O9S3/c1-15(2)23(24(35)27(29,30)31)32-25(36)20-11-18(45(38,39)14-16-5-7-17(43-4)8-6-16)12-34(20)26(37)19(13-42-3)33-46(40,41)22-10-9-21(28)44-22/h5-10,15,18-20,23-24,33,35H,11-14H2,1-4H3,(H,32,36)/t18-,19?,20+,23?,24?/m1/s1. The fraction of sp³-hybridized carbons (Fsp3) is 0.556. The Bertz CT molecular complexity index is 1590. The Hall–Kier alpha value is -2.48. The van der Waals surface area contributed by atoms with Crippen molar-refractivity contribution >= 4 is 54.6 Å². The first-order valence-corrected chi connectivity index (χ1v) is 18.2. The second kappa shape index (κ2) is 15.2. The molecule has 5 atom stereocenters. The Labute approximate surface area is 274 Å². The molecule has 1 fully saturated rings. The highest BCUT2D eigenvalue weighted by atomic mass is 35.5. The molecule has 2 heterocycles. The SMILES string of the molecule is COCC(NS(=O)(=O)c1ccc(Cl)s1)C(=O)N1C[C@H](S(=O)(=O)Cc2ccc(OC)cc2)C[C@H]1C(=O)NC(C(C)C)C(O)C(F)(F)F. The third-order valence-electron chi connectivity index (χ3n) is 7.33. The lowest BCUT2D eigenvalue weighted by Crippen LogP contribution is -2.58. The largest absolute Gasteiger partial charge is 0.497 e. The van der Waals surface area contributed by atoms with E-state index in [1.165, 1.54) is 52.3 Å². The van der Waals surface area contributed by atoms with Crippen LogP contribution in [-0.2, 0) is 39.9 Å². The van der Waals surface area contributed by atoms with Gasteiger partial charge in [0.05, 0.1) is 35.1 Å². The van der Waals surface area contributed by atoms with E-state index in [0.717, 1.165) is 4.90 Å². The summed E-state index contributed by atoms with van der Waals surface area (Å²) in [5.41, 5.74) is 0.374. The van der Waals surface area contributed by atoms with Crippen LogP contribution < -0.4 is 14.8 Å². The number of sulfone groups is 1. The summed E-state index contributed by atoms with van der Waals surface area (Å²) in [6, 6.07) is 3.53. The number of amides is 2. The number of carbonyl (C=O) groups excluding carboxylic acids is 2. The topological polar surface area (TPSA) is 168 Å². The molecule has 0 spiro atoms. The number of rotatable bonds is 14. The summed E-state index contributed by atoms with van der Waals surface area (Å²) in [4.78, 5) is 28.2. The third kappa shape index (κ3) is 9.32. The number of nitrogens with zero attached hydrogens (tertiary/aromatic N) is 1. The maximum absolute atomic E-state index is 13.9. The molecule has 3 unspecified atom stereocenters. The van der Waals surface area contributed by atoms with Crippen LogP contribution in [0.5, 0.6) is 5.75 Å². The summed E-state index contributed by atoms with van der Waals surface area (Å²) in [6.45, 7) is 1.56. The molecule has 3 rings (SSSR count). The van der Waals surface area contributed by atoms with Crippen molar-refractivity contribution < 1.29 is 54.2 Å². The van der Waals surface area contributed by atoms with Gasteiger partial charge in [-0.3, -0.25) is 9.59 Å². The number of halogens is 4. The van der Waals surface area contributed by atoms with Gasteiger partial charge in [-0.1, -0.05) is 37.6 Å². The molecule has 1 aliphatic heterocycles. The van der Waals surface area contributed by atoms with Gasteiger partial charge in [-0.05, 0) is 42.2 Å². The van der Waals surface area contributed by atoms with E-state index in [2.05, 4.69) is 10.0 Å². The monoisotopic (exact) mass is 733 g/mol. The van der Waals surface area contributed by atoms with Gasteiger partial charge in [-0.15, -0.1) is 11.3 Å².